The summed E-state index contributed by atoms with van der Waals surface area (Å²) in [5.74, 6) is -0.660. The Morgan fingerprint density at radius 3 is 0.773 bits per heavy atom. The maximum Gasteiger partial charge on any atom is 0.472 e. The predicted molar refractivity (Wildman–Crippen MR) is 354 cm³/mol. The first-order valence-corrected chi connectivity index (χ1v) is 39.0. The molecule has 0 amide bonds. The van der Waals surface area contributed by atoms with Crippen molar-refractivity contribution in [2.45, 2.75) is 368 Å². The van der Waals surface area contributed by atoms with Gasteiger partial charge >= 0.3 is 39.5 Å². The number of unbranched alkanes of at least 4 members (excludes halogenated alkanes) is 38. The highest BCUT2D eigenvalue weighted by Gasteiger charge is 2.30. The van der Waals surface area contributed by atoms with E-state index >= 15 is 0 Å². The van der Waals surface area contributed by atoms with E-state index in [0.29, 0.717) is 31.6 Å². The molecule has 522 valence electrons. The summed E-state index contributed by atoms with van der Waals surface area (Å²) in [7, 11) is -9.90. The van der Waals surface area contributed by atoms with Crippen molar-refractivity contribution in [3.63, 3.8) is 0 Å². The molecule has 0 aromatic heterocycles. The van der Waals surface area contributed by atoms with E-state index in [4.69, 9.17) is 37.0 Å². The first-order valence-electron chi connectivity index (χ1n) is 36.0. The lowest BCUT2D eigenvalue weighted by atomic mass is 10.0. The molecule has 17 nitrogen and oxygen atoms in total. The van der Waals surface area contributed by atoms with Crippen molar-refractivity contribution in [3.8, 4) is 0 Å². The third-order valence-corrected chi connectivity index (χ3v) is 17.9. The molecule has 0 bridgehead atoms. The van der Waals surface area contributed by atoms with E-state index in [0.717, 1.165) is 95.8 Å². The van der Waals surface area contributed by atoms with E-state index in [1.165, 1.54) is 167 Å². The Labute approximate surface area is 537 Å². The summed E-state index contributed by atoms with van der Waals surface area (Å²) in [5.41, 5.74) is 0. The van der Waals surface area contributed by atoms with Crippen LogP contribution in [0.3, 0.4) is 0 Å². The molecule has 0 saturated heterocycles. The van der Waals surface area contributed by atoms with E-state index in [-0.39, 0.29) is 25.7 Å². The molecule has 0 aliphatic carbocycles. The van der Waals surface area contributed by atoms with Crippen LogP contribution in [0.5, 0.6) is 0 Å². The zero-order valence-corrected chi connectivity index (χ0v) is 58.8. The molecular weight excluding hydrogens is 1160 g/mol. The van der Waals surface area contributed by atoms with Gasteiger partial charge in [0.25, 0.3) is 0 Å². The summed E-state index contributed by atoms with van der Waals surface area (Å²) < 4.78 is 68.2. The largest absolute Gasteiger partial charge is 0.472 e. The third-order valence-electron chi connectivity index (χ3n) is 16.0. The highest BCUT2D eigenvalue weighted by Crippen LogP contribution is 2.45. The molecule has 0 aromatic carbocycles. The minimum atomic E-state index is -4.95. The smallest absolute Gasteiger partial charge is 0.462 e. The van der Waals surface area contributed by atoms with Crippen molar-refractivity contribution in [1.82, 2.24) is 0 Å². The molecule has 0 aliphatic rings. The van der Waals surface area contributed by atoms with Gasteiger partial charge in [-0.25, -0.2) is 9.13 Å². The average molecular weight is 1300 g/mol. The Balaban J connectivity index is 5.23. The van der Waals surface area contributed by atoms with Gasteiger partial charge in [-0.3, -0.25) is 37.3 Å². The number of phosphoric acid groups is 2. The van der Waals surface area contributed by atoms with Gasteiger partial charge in [0.2, 0.25) is 0 Å². The lowest BCUT2D eigenvalue weighted by Gasteiger charge is -2.21. The first kappa shape index (κ1) is 86.1. The van der Waals surface area contributed by atoms with E-state index in [1.807, 2.05) is 0 Å². The Morgan fingerprint density at radius 1 is 0.307 bits per heavy atom. The van der Waals surface area contributed by atoms with Crippen molar-refractivity contribution < 1.29 is 80.2 Å². The lowest BCUT2D eigenvalue weighted by Crippen LogP contribution is -2.30. The van der Waals surface area contributed by atoms with E-state index in [2.05, 4.69) is 41.5 Å². The summed E-state index contributed by atoms with van der Waals surface area (Å²) in [4.78, 5) is 72.4. The Hall–Kier alpha value is -1.94. The van der Waals surface area contributed by atoms with Crippen molar-refractivity contribution in [1.29, 1.82) is 0 Å². The molecule has 0 radical (unpaired) electrons. The fourth-order valence-electron chi connectivity index (χ4n) is 10.4. The highest BCUT2D eigenvalue weighted by atomic mass is 31.2. The standard InChI is InChI=1S/C69H134O17P2/c1-7-9-11-13-15-17-18-19-20-21-24-29-35-41-47-53-68(73)85-64(57-80-67(72)52-46-40-34-28-25-22-23-27-31-37-43-49-61(3)4)59-83-87(75,76)81-55-63(70)56-82-88(77,78)84-60-65(58-79-66(71)51-45-39-33-26-16-14-12-10-8-2)86-69(74)54-48-42-36-30-32-38-44-50-62(5)6/h61-65,70H,7-60H2,1-6H3,(H,75,76)(H,77,78)/t63-,64-,65-/m1/s1. The number of phosphoric ester groups is 2. The average Bonchev–Trinajstić information content (AvgIpc) is 3.61. The van der Waals surface area contributed by atoms with Crippen LogP contribution in [-0.2, 0) is 65.4 Å². The minimum Gasteiger partial charge on any atom is -0.462 e. The predicted octanol–water partition coefficient (Wildman–Crippen LogP) is 19.6. The van der Waals surface area contributed by atoms with Gasteiger partial charge in [-0.05, 0) is 37.5 Å². The molecule has 19 heteroatoms. The first-order chi connectivity index (χ1) is 42.4. The Morgan fingerprint density at radius 2 is 0.523 bits per heavy atom. The number of rotatable bonds is 68. The molecular formula is C69H134O17P2. The van der Waals surface area contributed by atoms with Crippen LogP contribution in [0.4, 0.5) is 0 Å². The molecule has 0 aromatic rings. The van der Waals surface area contributed by atoms with Crippen LogP contribution in [0.25, 0.3) is 0 Å². The number of aliphatic hydroxyl groups is 1. The van der Waals surface area contributed by atoms with E-state index in [1.54, 1.807) is 0 Å². The van der Waals surface area contributed by atoms with Gasteiger partial charge in [0.15, 0.2) is 12.2 Å². The molecule has 3 N–H and O–H groups in total. The van der Waals surface area contributed by atoms with Crippen molar-refractivity contribution in [2.24, 2.45) is 11.8 Å². The zero-order chi connectivity index (χ0) is 65.0. The number of hydrogen-bond donors (Lipinski definition) is 3. The van der Waals surface area contributed by atoms with Gasteiger partial charge in [-0.15, -0.1) is 0 Å². The van der Waals surface area contributed by atoms with Gasteiger partial charge in [0.05, 0.1) is 26.4 Å². The number of carbonyl (C=O) groups is 4. The summed E-state index contributed by atoms with van der Waals surface area (Å²) in [6.07, 6.45) is 45.9. The molecule has 0 rings (SSSR count). The van der Waals surface area contributed by atoms with Gasteiger partial charge in [-0.2, -0.15) is 0 Å². The fourth-order valence-corrected chi connectivity index (χ4v) is 12.0. The number of hydrogen-bond acceptors (Lipinski definition) is 15. The van der Waals surface area contributed by atoms with Gasteiger partial charge in [-0.1, -0.05) is 298 Å². The molecule has 0 heterocycles. The lowest BCUT2D eigenvalue weighted by molar-refractivity contribution is -0.161. The van der Waals surface area contributed by atoms with Crippen LogP contribution >= 0.6 is 15.6 Å². The SMILES string of the molecule is CCCCCCCCCCCCCCCCCC(=O)O[C@H](COC(=O)CCCCCCCCCCCCCC(C)C)COP(=O)(O)OC[C@@H](O)COP(=O)(O)OC[C@@H](COC(=O)CCCCCCCCCCC)OC(=O)CCCCCCCCCC(C)C. The molecule has 2 unspecified atom stereocenters. The monoisotopic (exact) mass is 1300 g/mol. The number of carbonyl (C=O) groups excluding carboxylic acids is 4. The normalized spacial score (nSPS) is 14.2. The quantitative estimate of drug-likeness (QED) is 0.0222. The highest BCUT2D eigenvalue weighted by molar-refractivity contribution is 7.47. The minimum absolute atomic E-state index is 0.103. The van der Waals surface area contributed by atoms with E-state index < -0.39 is 97.5 Å². The summed E-state index contributed by atoms with van der Waals surface area (Å²) >= 11 is 0. The van der Waals surface area contributed by atoms with Gasteiger partial charge < -0.3 is 33.8 Å². The van der Waals surface area contributed by atoms with Crippen LogP contribution in [0.2, 0.25) is 0 Å². The van der Waals surface area contributed by atoms with Crippen LogP contribution in [0.15, 0.2) is 0 Å². The molecule has 5 atom stereocenters. The van der Waals surface area contributed by atoms with Gasteiger partial charge in [0.1, 0.15) is 19.3 Å². The Kier molecular flexibility index (Phi) is 59.9. The molecule has 88 heavy (non-hydrogen) atoms. The fraction of sp³-hybridized carbons (Fsp3) is 0.942. The topological polar surface area (TPSA) is 237 Å². The second-order valence-corrected chi connectivity index (χ2v) is 28.8. The van der Waals surface area contributed by atoms with Crippen LogP contribution in [0, 0.1) is 11.8 Å². The summed E-state index contributed by atoms with van der Waals surface area (Å²) in [5, 5.41) is 10.6. The van der Waals surface area contributed by atoms with Crippen molar-refractivity contribution in [2.75, 3.05) is 39.6 Å². The molecule has 0 fully saturated rings. The van der Waals surface area contributed by atoms with Crippen molar-refractivity contribution >= 4 is 39.5 Å². The van der Waals surface area contributed by atoms with Crippen molar-refractivity contribution in [3.05, 3.63) is 0 Å². The van der Waals surface area contributed by atoms with Crippen LogP contribution in [0.1, 0.15) is 350 Å². The number of aliphatic hydroxyl groups excluding tert-OH is 1. The van der Waals surface area contributed by atoms with Crippen LogP contribution < -0.4 is 0 Å². The molecule has 0 spiro atoms. The summed E-state index contributed by atoms with van der Waals surface area (Å²) in [6, 6.07) is 0. The molecule has 0 saturated carbocycles. The zero-order valence-electron chi connectivity index (χ0n) is 57.0. The number of ether oxygens (including phenoxy) is 4. The van der Waals surface area contributed by atoms with E-state index in [9.17, 15) is 43.2 Å². The van der Waals surface area contributed by atoms with Gasteiger partial charge in [0, 0.05) is 25.7 Å². The maximum absolute atomic E-state index is 13.0. The maximum atomic E-state index is 13.0. The Bertz CT molecular complexity index is 1720. The second kappa shape index (κ2) is 61.3. The second-order valence-electron chi connectivity index (χ2n) is 25.9. The third kappa shape index (κ3) is 62.8. The summed E-state index contributed by atoms with van der Waals surface area (Å²) in [6.45, 7) is 9.47. The van der Waals surface area contributed by atoms with Crippen LogP contribution in [-0.4, -0.2) is 96.7 Å². The molecule has 0 aliphatic heterocycles. The number of esters is 4.